The molecule has 0 radical (unpaired) electrons. The zero-order valence-electron chi connectivity index (χ0n) is 16.9. The first-order chi connectivity index (χ1) is 14.6. The molecule has 2 aromatic heterocycles. The molecule has 156 valence electrons. The molecule has 7 heteroatoms. The highest BCUT2D eigenvalue weighted by molar-refractivity contribution is 6.30. The Morgan fingerprint density at radius 1 is 1.37 bits per heavy atom. The summed E-state index contributed by atoms with van der Waals surface area (Å²) in [5, 5.41) is 8.50. The van der Waals surface area contributed by atoms with Gasteiger partial charge in [-0.15, -0.1) is 0 Å². The fourth-order valence-electron chi connectivity index (χ4n) is 4.38. The lowest BCUT2D eigenvalue weighted by molar-refractivity contribution is 0.0833. The maximum absolute atomic E-state index is 12.7. The van der Waals surface area contributed by atoms with Crippen molar-refractivity contribution < 1.29 is 13.9 Å². The standard InChI is InChI=1S/C23H24ClN3O3/c1-14-20-19(30-22(14)23(28)25-11-18-6-3-9-29-18)8-7-16-13-27(26-21(16)20)12-15-4-2-5-17(24)10-15/h2,4-5,10,13,18H,3,6-9,11-12H2,1H3,(H,25,28). The van der Waals surface area contributed by atoms with E-state index >= 15 is 0 Å². The molecule has 0 bridgehead atoms. The molecule has 1 N–H and O–H groups in total. The van der Waals surface area contributed by atoms with Crippen LogP contribution in [0.15, 0.2) is 34.9 Å². The average Bonchev–Trinajstić information content (AvgIpc) is 3.44. The molecule has 30 heavy (non-hydrogen) atoms. The zero-order valence-corrected chi connectivity index (χ0v) is 17.7. The lowest BCUT2D eigenvalue weighted by Gasteiger charge is -2.10. The molecule has 0 saturated carbocycles. The minimum absolute atomic E-state index is 0.104. The summed E-state index contributed by atoms with van der Waals surface area (Å²) in [6, 6.07) is 7.80. The van der Waals surface area contributed by atoms with E-state index < -0.39 is 0 Å². The minimum atomic E-state index is -0.183. The number of benzene rings is 1. The van der Waals surface area contributed by atoms with Gasteiger partial charge in [0, 0.05) is 41.9 Å². The highest BCUT2D eigenvalue weighted by Gasteiger charge is 2.30. The number of nitrogens with zero attached hydrogens (tertiary/aromatic N) is 2. The number of nitrogens with one attached hydrogen (secondary N) is 1. The van der Waals surface area contributed by atoms with Crippen LogP contribution < -0.4 is 5.32 Å². The van der Waals surface area contributed by atoms with Gasteiger partial charge in [0.05, 0.1) is 18.3 Å². The van der Waals surface area contributed by atoms with Crippen LogP contribution in [0.1, 0.15) is 45.8 Å². The Kier molecular flexibility index (Phi) is 5.13. The molecule has 5 rings (SSSR count). The highest BCUT2D eigenvalue weighted by Crippen LogP contribution is 2.38. The van der Waals surface area contributed by atoms with Crippen molar-refractivity contribution in [2.24, 2.45) is 0 Å². The van der Waals surface area contributed by atoms with E-state index in [0.29, 0.717) is 18.8 Å². The van der Waals surface area contributed by atoms with Crippen LogP contribution in [0.2, 0.25) is 5.02 Å². The Balaban J connectivity index is 1.38. The Hall–Kier alpha value is -2.57. The smallest absolute Gasteiger partial charge is 0.287 e. The molecule has 3 aromatic rings. The normalized spacial score (nSPS) is 17.6. The summed E-state index contributed by atoms with van der Waals surface area (Å²) in [6.45, 7) is 3.88. The molecule has 1 atom stereocenters. The average molecular weight is 426 g/mol. The Bertz CT molecular complexity index is 1100. The molecule has 3 heterocycles. The zero-order chi connectivity index (χ0) is 20.7. The molecule has 1 amide bonds. The monoisotopic (exact) mass is 425 g/mol. The molecule has 1 aliphatic carbocycles. The van der Waals surface area contributed by atoms with E-state index in [0.717, 1.165) is 65.5 Å². The molecule has 1 aromatic carbocycles. The van der Waals surface area contributed by atoms with Gasteiger partial charge in [0.25, 0.3) is 5.91 Å². The summed E-state index contributed by atoms with van der Waals surface area (Å²) in [4.78, 5) is 12.7. The van der Waals surface area contributed by atoms with Gasteiger partial charge in [0.1, 0.15) is 5.76 Å². The quantitative estimate of drug-likeness (QED) is 0.666. The van der Waals surface area contributed by atoms with Gasteiger partial charge in [-0.3, -0.25) is 9.48 Å². The van der Waals surface area contributed by atoms with Crippen molar-refractivity contribution in [1.29, 1.82) is 0 Å². The number of carbonyl (C=O) groups excluding carboxylic acids is 1. The molecule has 1 aliphatic heterocycles. The number of hydrogen-bond acceptors (Lipinski definition) is 4. The van der Waals surface area contributed by atoms with Crippen LogP contribution in [0.5, 0.6) is 0 Å². The third-order valence-electron chi connectivity index (χ3n) is 5.87. The maximum Gasteiger partial charge on any atom is 0.287 e. The van der Waals surface area contributed by atoms with Gasteiger partial charge < -0.3 is 14.5 Å². The van der Waals surface area contributed by atoms with E-state index in [4.69, 9.17) is 25.9 Å². The first-order valence-corrected chi connectivity index (χ1v) is 10.8. The third-order valence-corrected chi connectivity index (χ3v) is 6.10. The van der Waals surface area contributed by atoms with Crippen LogP contribution >= 0.6 is 11.6 Å². The minimum Gasteiger partial charge on any atom is -0.455 e. The second kappa shape index (κ2) is 7.93. The van der Waals surface area contributed by atoms with Crippen molar-refractivity contribution >= 4 is 17.5 Å². The number of rotatable bonds is 5. The van der Waals surface area contributed by atoms with Crippen LogP contribution in [0.4, 0.5) is 0 Å². The van der Waals surface area contributed by atoms with Crippen molar-refractivity contribution in [3.63, 3.8) is 0 Å². The predicted molar refractivity (Wildman–Crippen MR) is 114 cm³/mol. The van der Waals surface area contributed by atoms with Gasteiger partial charge in [-0.1, -0.05) is 23.7 Å². The summed E-state index contributed by atoms with van der Waals surface area (Å²) < 4.78 is 13.5. The lowest BCUT2D eigenvalue weighted by atomic mass is 9.93. The van der Waals surface area contributed by atoms with Crippen molar-refractivity contribution in [3.05, 3.63) is 63.7 Å². The van der Waals surface area contributed by atoms with Gasteiger partial charge in [-0.25, -0.2) is 0 Å². The number of carbonyl (C=O) groups is 1. The number of hydrogen-bond donors (Lipinski definition) is 1. The van der Waals surface area contributed by atoms with Crippen LogP contribution in [0.3, 0.4) is 0 Å². The number of amides is 1. The summed E-state index contributed by atoms with van der Waals surface area (Å²) >= 11 is 6.11. The summed E-state index contributed by atoms with van der Waals surface area (Å²) in [5.74, 6) is 1.04. The lowest BCUT2D eigenvalue weighted by Crippen LogP contribution is -2.31. The predicted octanol–water partition coefficient (Wildman–Crippen LogP) is 4.16. The Morgan fingerprint density at radius 2 is 2.27 bits per heavy atom. The maximum atomic E-state index is 12.7. The Labute approximate surface area is 180 Å². The van der Waals surface area contributed by atoms with Crippen LogP contribution in [0, 0.1) is 6.92 Å². The summed E-state index contributed by atoms with van der Waals surface area (Å²) in [6.07, 6.45) is 5.85. The fourth-order valence-corrected chi connectivity index (χ4v) is 4.59. The topological polar surface area (TPSA) is 69.3 Å². The van der Waals surface area contributed by atoms with Gasteiger partial charge in [-0.05, 0) is 49.4 Å². The van der Waals surface area contributed by atoms with E-state index in [-0.39, 0.29) is 12.0 Å². The first kappa shape index (κ1) is 19.4. The molecular weight excluding hydrogens is 402 g/mol. The molecular formula is C23H24ClN3O3. The summed E-state index contributed by atoms with van der Waals surface area (Å²) in [7, 11) is 0. The van der Waals surface area contributed by atoms with Crippen molar-refractivity contribution in [2.45, 2.75) is 45.3 Å². The van der Waals surface area contributed by atoms with Crippen molar-refractivity contribution in [1.82, 2.24) is 15.1 Å². The first-order valence-electron chi connectivity index (χ1n) is 10.4. The van der Waals surface area contributed by atoms with Crippen molar-refractivity contribution in [2.75, 3.05) is 13.2 Å². The van der Waals surface area contributed by atoms with Crippen LogP contribution in [-0.2, 0) is 24.1 Å². The number of furan rings is 1. The number of halogens is 1. The van der Waals surface area contributed by atoms with Gasteiger partial charge in [0.15, 0.2) is 5.76 Å². The third kappa shape index (κ3) is 3.66. The molecule has 2 aliphatic rings. The Morgan fingerprint density at radius 3 is 3.07 bits per heavy atom. The van der Waals surface area contributed by atoms with Gasteiger partial charge in [0.2, 0.25) is 0 Å². The fraction of sp³-hybridized carbons (Fsp3) is 0.391. The summed E-state index contributed by atoms with van der Waals surface area (Å²) in [5.41, 5.74) is 5.00. The van der Waals surface area contributed by atoms with Gasteiger partial charge >= 0.3 is 0 Å². The van der Waals surface area contributed by atoms with Crippen molar-refractivity contribution in [3.8, 4) is 11.3 Å². The highest BCUT2D eigenvalue weighted by atomic mass is 35.5. The molecule has 6 nitrogen and oxygen atoms in total. The second-order valence-corrected chi connectivity index (χ2v) is 8.47. The van der Waals surface area contributed by atoms with E-state index in [9.17, 15) is 4.79 Å². The van der Waals surface area contributed by atoms with E-state index in [2.05, 4.69) is 11.5 Å². The van der Waals surface area contributed by atoms with Crippen LogP contribution in [0.25, 0.3) is 11.3 Å². The SMILES string of the molecule is Cc1c(C(=O)NCC2CCCO2)oc2c1-c1nn(Cc3cccc(Cl)c3)cc1CC2. The molecule has 1 unspecified atom stereocenters. The van der Waals surface area contributed by atoms with E-state index in [1.807, 2.05) is 35.9 Å². The number of fused-ring (bicyclic) bond motifs is 3. The van der Waals surface area contributed by atoms with Crippen LogP contribution in [-0.4, -0.2) is 34.9 Å². The molecule has 1 fully saturated rings. The van der Waals surface area contributed by atoms with Gasteiger partial charge in [-0.2, -0.15) is 5.10 Å². The second-order valence-electron chi connectivity index (χ2n) is 8.03. The largest absolute Gasteiger partial charge is 0.455 e. The molecule has 1 saturated heterocycles. The number of ether oxygens (including phenoxy) is 1. The van der Waals surface area contributed by atoms with E-state index in [1.54, 1.807) is 0 Å². The van der Waals surface area contributed by atoms with E-state index in [1.165, 1.54) is 5.56 Å². The molecule has 0 spiro atoms. The number of aryl methyl sites for hydroxylation is 2. The number of aromatic nitrogens is 2.